The molecule has 0 radical (unpaired) electrons. The fourth-order valence-corrected chi connectivity index (χ4v) is 4.06. The lowest BCUT2D eigenvalue weighted by atomic mass is 9.94. The molecule has 1 aromatic rings. The van der Waals surface area contributed by atoms with Crippen LogP contribution in [0.25, 0.3) is 0 Å². The summed E-state index contributed by atoms with van der Waals surface area (Å²) in [6, 6.07) is 1.00. The van der Waals surface area contributed by atoms with Crippen LogP contribution in [0.5, 0.6) is 0 Å². The van der Waals surface area contributed by atoms with Crippen LogP contribution in [0, 0.1) is 5.92 Å². The Morgan fingerprint density at radius 1 is 1.26 bits per heavy atom. The first kappa shape index (κ1) is 29.4. The third-order valence-corrected chi connectivity index (χ3v) is 6.02. The Morgan fingerprint density at radius 2 is 2.00 bits per heavy atom. The Bertz CT molecular complexity index is 1120. The molecular weight excluding hydrogens is 512 g/mol. The molecule has 2 amide bonds. The van der Waals surface area contributed by atoms with Crippen LogP contribution in [0.15, 0.2) is 33.7 Å². The highest BCUT2D eigenvalue weighted by molar-refractivity contribution is 5.91. The van der Waals surface area contributed by atoms with Gasteiger partial charge in [0.2, 0.25) is 12.2 Å². The number of aromatic amines is 1. The van der Waals surface area contributed by atoms with E-state index in [0.717, 1.165) is 22.9 Å². The van der Waals surface area contributed by atoms with E-state index in [-0.39, 0.29) is 6.54 Å². The highest BCUT2D eigenvalue weighted by Gasteiger charge is 2.51. The van der Waals surface area contributed by atoms with Crippen LogP contribution in [-0.2, 0) is 28.5 Å². The molecular formula is C22H32N4O12. The molecule has 1 saturated heterocycles. The van der Waals surface area contributed by atoms with E-state index in [1.807, 2.05) is 11.9 Å². The van der Waals surface area contributed by atoms with Crippen molar-refractivity contribution in [2.24, 2.45) is 11.7 Å². The van der Waals surface area contributed by atoms with Gasteiger partial charge < -0.3 is 50.4 Å². The minimum atomic E-state index is -1.79. The van der Waals surface area contributed by atoms with Gasteiger partial charge in [0, 0.05) is 37.9 Å². The number of aliphatic hydroxyl groups is 4. The fourth-order valence-electron chi connectivity index (χ4n) is 4.06. The molecule has 0 spiro atoms. The topological polar surface area (TPSA) is 245 Å². The normalized spacial score (nSPS) is 29.8. The summed E-state index contributed by atoms with van der Waals surface area (Å²) in [6.45, 7) is 2.25. The monoisotopic (exact) mass is 544 g/mol. The number of hydrogen-bond acceptors (Lipinski definition) is 12. The summed E-state index contributed by atoms with van der Waals surface area (Å²) in [5, 5.41) is 43.8. The average Bonchev–Trinajstić information content (AvgIpc) is 3.19. The van der Waals surface area contributed by atoms with E-state index < -0.39 is 84.4 Å². The fraction of sp³-hybridized carbons (Fsp3) is 0.636. The number of amides is 2. The SMILES string of the molecule is CCOCCCNC(=O)C1=C[C@H](O)[C@H](O)[C@@H](O[C@@H](C(N)=O)[C@H]2O[C@@H](n3ccc(=O)[nH]c3=O)[C@H](O)[C@@H]2CO)O1. The molecule has 8 N–H and O–H groups in total. The molecule has 1 aromatic heterocycles. The number of carbonyl (C=O) groups is 2. The maximum atomic E-state index is 12.5. The predicted octanol–water partition coefficient (Wildman–Crippen LogP) is -4.22. The number of nitrogens with two attached hydrogens (primary N) is 1. The second kappa shape index (κ2) is 13.1. The molecule has 16 nitrogen and oxygen atoms in total. The summed E-state index contributed by atoms with van der Waals surface area (Å²) >= 11 is 0. The number of nitrogens with one attached hydrogen (secondary N) is 2. The largest absolute Gasteiger partial charge is 0.456 e. The molecule has 38 heavy (non-hydrogen) atoms. The van der Waals surface area contributed by atoms with Gasteiger partial charge >= 0.3 is 5.69 Å². The van der Waals surface area contributed by atoms with Crippen LogP contribution in [0.3, 0.4) is 0 Å². The Balaban J connectivity index is 1.76. The molecule has 0 unspecified atom stereocenters. The van der Waals surface area contributed by atoms with E-state index in [0.29, 0.717) is 19.6 Å². The third kappa shape index (κ3) is 6.65. The lowest BCUT2D eigenvalue weighted by molar-refractivity contribution is -0.239. The first-order chi connectivity index (χ1) is 18.1. The number of H-pyrrole nitrogens is 1. The summed E-state index contributed by atoms with van der Waals surface area (Å²) in [5.74, 6) is -3.49. The van der Waals surface area contributed by atoms with E-state index in [9.17, 15) is 39.6 Å². The second-order valence-corrected chi connectivity index (χ2v) is 8.61. The molecule has 16 heteroatoms. The van der Waals surface area contributed by atoms with Crippen molar-refractivity contribution in [2.75, 3.05) is 26.4 Å². The summed E-state index contributed by atoms with van der Waals surface area (Å²) in [5.41, 5.74) is 3.86. The number of aromatic nitrogens is 2. The highest BCUT2D eigenvalue weighted by atomic mass is 16.7. The number of nitrogens with zero attached hydrogens (tertiary/aromatic N) is 1. The van der Waals surface area contributed by atoms with Crippen molar-refractivity contribution in [1.82, 2.24) is 14.9 Å². The minimum Gasteiger partial charge on any atom is -0.456 e. The molecule has 3 heterocycles. The minimum absolute atomic E-state index is 0.227. The van der Waals surface area contributed by atoms with Crippen LogP contribution in [0.4, 0.5) is 0 Å². The van der Waals surface area contributed by atoms with Crippen LogP contribution >= 0.6 is 0 Å². The maximum Gasteiger partial charge on any atom is 0.330 e. The van der Waals surface area contributed by atoms with Gasteiger partial charge in [-0.3, -0.25) is 23.9 Å². The lowest BCUT2D eigenvalue weighted by Crippen LogP contribution is -2.53. The number of ether oxygens (including phenoxy) is 4. The van der Waals surface area contributed by atoms with Gasteiger partial charge in [-0.15, -0.1) is 0 Å². The van der Waals surface area contributed by atoms with Gasteiger partial charge in [-0.1, -0.05) is 0 Å². The van der Waals surface area contributed by atoms with Crippen LogP contribution in [0.1, 0.15) is 19.6 Å². The zero-order valence-electron chi connectivity index (χ0n) is 20.5. The molecule has 2 aliphatic rings. The Labute approximate surface area is 215 Å². The predicted molar refractivity (Wildman–Crippen MR) is 125 cm³/mol. The first-order valence-electron chi connectivity index (χ1n) is 11.9. The summed E-state index contributed by atoms with van der Waals surface area (Å²) in [7, 11) is 0. The van der Waals surface area contributed by atoms with Crippen molar-refractivity contribution in [2.45, 2.75) is 56.4 Å². The number of rotatable bonds is 12. The Morgan fingerprint density at radius 3 is 2.63 bits per heavy atom. The first-order valence-corrected chi connectivity index (χ1v) is 11.9. The van der Waals surface area contributed by atoms with Crippen molar-refractivity contribution in [3.63, 3.8) is 0 Å². The van der Waals surface area contributed by atoms with Crippen LogP contribution in [-0.4, -0.2) is 105 Å². The quantitative estimate of drug-likeness (QED) is 0.124. The van der Waals surface area contributed by atoms with E-state index >= 15 is 0 Å². The Kier molecular flexibility index (Phi) is 10.1. The number of primary amides is 1. The van der Waals surface area contributed by atoms with Crippen molar-refractivity contribution in [3.8, 4) is 0 Å². The number of aliphatic hydroxyl groups excluding tert-OH is 4. The van der Waals surface area contributed by atoms with Crippen LogP contribution < -0.4 is 22.3 Å². The smallest absolute Gasteiger partial charge is 0.330 e. The highest BCUT2D eigenvalue weighted by Crippen LogP contribution is 2.36. The van der Waals surface area contributed by atoms with E-state index in [2.05, 4.69) is 5.32 Å². The van der Waals surface area contributed by atoms with E-state index in [1.165, 1.54) is 0 Å². The summed E-state index contributed by atoms with van der Waals surface area (Å²) in [6.07, 6.45) is -8.90. The van der Waals surface area contributed by atoms with Gasteiger partial charge in [0.05, 0.1) is 6.61 Å². The van der Waals surface area contributed by atoms with Crippen molar-refractivity contribution >= 4 is 11.8 Å². The third-order valence-electron chi connectivity index (χ3n) is 6.02. The molecule has 1 fully saturated rings. The van der Waals surface area contributed by atoms with E-state index in [1.54, 1.807) is 0 Å². The van der Waals surface area contributed by atoms with Gasteiger partial charge in [-0.05, 0) is 19.4 Å². The molecule has 0 saturated carbocycles. The lowest BCUT2D eigenvalue weighted by Gasteiger charge is -2.35. The number of carbonyl (C=O) groups excluding carboxylic acids is 2. The molecule has 0 aromatic carbocycles. The van der Waals surface area contributed by atoms with Gasteiger partial charge in [0.25, 0.3) is 11.5 Å². The van der Waals surface area contributed by atoms with Gasteiger partial charge in [0.15, 0.2) is 18.1 Å². The van der Waals surface area contributed by atoms with Crippen LogP contribution in [0.2, 0.25) is 0 Å². The van der Waals surface area contributed by atoms with Gasteiger partial charge in [0.1, 0.15) is 24.4 Å². The molecule has 2 aliphatic heterocycles. The van der Waals surface area contributed by atoms with Crippen molar-refractivity contribution in [3.05, 3.63) is 44.9 Å². The van der Waals surface area contributed by atoms with Crippen molar-refractivity contribution < 1.29 is 49.0 Å². The van der Waals surface area contributed by atoms with Crippen molar-refractivity contribution in [1.29, 1.82) is 0 Å². The summed E-state index contributed by atoms with van der Waals surface area (Å²) in [4.78, 5) is 50.4. The summed E-state index contributed by atoms with van der Waals surface area (Å²) < 4.78 is 22.6. The van der Waals surface area contributed by atoms with E-state index in [4.69, 9.17) is 24.7 Å². The maximum absolute atomic E-state index is 12.5. The van der Waals surface area contributed by atoms with Gasteiger partial charge in [-0.25, -0.2) is 4.79 Å². The standard InChI is InChI=1S/C22H32N4O12/c1-2-35-7-3-5-24-19(33)12-8-11(28)15(31)21(36-12)38-17(18(23)32)16-10(9-27)14(30)20(37-16)26-6-4-13(29)25-22(26)34/h4,6,8,10-11,14-17,20-21,27-28,30-31H,2-3,5,7,9H2,1H3,(H2,23,32)(H,24,33)(H,25,29,34)/t10-,11-,14+,15-,16-,17+,20+,21+/m0/s1. The zero-order valence-corrected chi connectivity index (χ0v) is 20.5. The zero-order chi connectivity index (χ0) is 28.0. The molecule has 8 atom stereocenters. The Hall–Kier alpha value is -3.12. The second-order valence-electron chi connectivity index (χ2n) is 8.61. The van der Waals surface area contributed by atoms with Gasteiger partial charge in [-0.2, -0.15) is 0 Å². The molecule has 212 valence electrons. The average molecular weight is 545 g/mol. The molecule has 0 aliphatic carbocycles. The number of hydrogen-bond donors (Lipinski definition) is 7. The molecule has 3 rings (SSSR count). The molecule has 0 bridgehead atoms.